The molecule has 3 rings (SSSR count). The van der Waals surface area contributed by atoms with Crippen molar-refractivity contribution in [1.82, 2.24) is 10.2 Å². The fourth-order valence-corrected chi connectivity index (χ4v) is 3.65. The van der Waals surface area contributed by atoms with Crippen molar-refractivity contribution in [3.05, 3.63) is 63.6 Å². The van der Waals surface area contributed by atoms with Crippen LogP contribution in [0.15, 0.2) is 42.5 Å². The highest BCUT2D eigenvalue weighted by atomic mass is 35.5. The van der Waals surface area contributed by atoms with Crippen LogP contribution in [0.25, 0.3) is 0 Å². The van der Waals surface area contributed by atoms with Crippen molar-refractivity contribution in [2.24, 2.45) is 0 Å². The van der Waals surface area contributed by atoms with Crippen LogP contribution in [0.4, 0.5) is 0 Å². The lowest BCUT2D eigenvalue weighted by atomic mass is 10.2. The first-order valence-corrected chi connectivity index (χ1v) is 10.0. The molecule has 1 amide bonds. The minimum Gasteiger partial charge on any atom is -0.489 e. The van der Waals surface area contributed by atoms with E-state index < -0.39 is 0 Å². The number of carbonyl (C=O) groups is 1. The Balaban J connectivity index is 1.42. The molecule has 2 aromatic rings. The van der Waals surface area contributed by atoms with Gasteiger partial charge in [-0.25, -0.2) is 0 Å². The third-order valence-corrected chi connectivity index (χ3v) is 5.33. The SMILES string of the molecule is O=C1CCCN1CCCNCc1cccc(OCc2c(Cl)cccc2Cl)c1. The van der Waals surface area contributed by atoms with Crippen LogP contribution in [0.1, 0.15) is 30.4 Å². The number of nitrogens with zero attached hydrogens (tertiary/aromatic N) is 1. The number of benzene rings is 2. The molecule has 27 heavy (non-hydrogen) atoms. The maximum atomic E-state index is 11.6. The molecule has 1 saturated heterocycles. The molecule has 0 spiro atoms. The molecule has 0 unspecified atom stereocenters. The predicted molar refractivity (Wildman–Crippen MR) is 109 cm³/mol. The van der Waals surface area contributed by atoms with Gasteiger partial charge in [-0.2, -0.15) is 0 Å². The first-order valence-electron chi connectivity index (χ1n) is 9.26. The van der Waals surface area contributed by atoms with E-state index in [1.165, 1.54) is 0 Å². The quantitative estimate of drug-likeness (QED) is 0.614. The lowest BCUT2D eigenvalue weighted by Crippen LogP contribution is -2.28. The van der Waals surface area contributed by atoms with Crippen LogP contribution in [0.5, 0.6) is 5.75 Å². The molecule has 0 aliphatic carbocycles. The Kier molecular flexibility index (Phi) is 7.39. The number of likely N-dealkylation sites (tertiary alicyclic amines) is 1. The van der Waals surface area contributed by atoms with Crippen LogP contribution < -0.4 is 10.1 Å². The van der Waals surface area contributed by atoms with Gasteiger partial charge in [0.2, 0.25) is 5.91 Å². The van der Waals surface area contributed by atoms with Gasteiger partial charge in [0.25, 0.3) is 0 Å². The first kappa shape index (κ1) is 20.0. The summed E-state index contributed by atoms with van der Waals surface area (Å²) in [6, 6.07) is 13.4. The van der Waals surface area contributed by atoms with Crippen LogP contribution in [-0.4, -0.2) is 30.4 Å². The Morgan fingerprint density at radius 2 is 1.89 bits per heavy atom. The molecule has 1 fully saturated rings. The fourth-order valence-electron chi connectivity index (χ4n) is 3.14. The van der Waals surface area contributed by atoms with Crippen LogP contribution in [-0.2, 0) is 17.9 Å². The maximum absolute atomic E-state index is 11.6. The van der Waals surface area contributed by atoms with Gasteiger partial charge in [0, 0.05) is 41.7 Å². The molecule has 1 N–H and O–H groups in total. The summed E-state index contributed by atoms with van der Waals surface area (Å²) < 4.78 is 5.86. The molecule has 144 valence electrons. The van der Waals surface area contributed by atoms with Gasteiger partial charge in [0.15, 0.2) is 0 Å². The number of carbonyl (C=O) groups excluding carboxylic acids is 1. The van der Waals surface area contributed by atoms with E-state index in [1.54, 1.807) is 0 Å². The number of rotatable bonds is 9. The second-order valence-corrected chi connectivity index (χ2v) is 7.47. The molecule has 1 aliphatic heterocycles. The van der Waals surface area contributed by atoms with Gasteiger partial charge in [-0.3, -0.25) is 4.79 Å². The topological polar surface area (TPSA) is 41.6 Å². The van der Waals surface area contributed by atoms with Crippen LogP contribution in [0, 0.1) is 0 Å². The zero-order valence-electron chi connectivity index (χ0n) is 15.2. The Morgan fingerprint density at radius 3 is 2.63 bits per heavy atom. The Hall–Kier alpha value is -1.75. The van der Waals surface area contributed by atoms with E-state index >= 15 is 0 Å². The van der Waals surface area contributed by atoms with Crippen molar-refractivity contribution in [2.75, 3.05) is 19.6 Å². The maximum Gasteiger partial charge on any atom is 0.222 e. The van der Waals surface area contributed by atoms with E-state index in [-0.39, 0.29) is 0 Å². The molecule has 0 radical (unpaired) electrons. The van der Waals surface area contributed by atoms with Crippen molar-refractivity contribution in [2.45, 2.75) is 32.4 Å². The smallest absolute Gasteiger partial charge is 0.222 e. The van der Waals surface area contributed by atoms with E-state index in [9.17, 15) is 4.79 Å². The summed E-state index contributed by atoms with van der Waals surface area (Å²) in [6.45, 7) is 3.72. The number of ether oxygens (including phenoxy) is 1. The summed E-state index contributed by atoms with van der Waals surface area (Å²) in [4.78, 5) is 13.5. The van der Waals surface area contributed by atoms with Gasteiger partial charge in [-0.15, -0.1) is 0 Å². The molecule has 1 heterocycles. The van der Waals surface area contributed by atoms with Gasteiger partial charge in [-0.05, 0) is 49.2 Å². The summed E-state index contributed by atoms with van der Waals surface area (Å²) in [5.41, 5.74) is 1.94. The zero-order valence-corrected chi connectivity index (χ0v) is 16.7. The summed E-state index contributed by atoms with van der Waals surface area (Å²) in [7, 11) is 0. The number of halogens is 2. The average Bonchev–Trinajstić information content (AvgIpc) is 3.06. The molecule has 0 bridgehead atoms. The van der Waals surface area contributed by atoms with Gasteiger partial charge in [-0.1, -0.05) is 41.4 Å². The molecular formula is C21H24Cl2N2O2. The lowest BCUT2D eigenvalue weighted by Gasteiger charge is -2.15. The Labute approximate surface area is 170 Å². The predicted octanol–water partition coefficient (Wildman–Crippen LogP) is 4.67. The fraction of sp³-hybridized carbons (Fsp3) is 0.381. The van der Waals surface area contributed by atoms with E-state index in [0.717, 1.165) is 55.9 Å². The number of amides is 1. The third kappa shape index (κ3) is 5.86. The highest BCUT2D eigenvalue weighted by molar-refractivity contribution is 6.35. The van der Waals surface area contributed by atoms with Crippen molar-refractivity contribution >= 4 is 29.1 Å². The number of hydrogen-bond acceptors (Lipinski definition) is 3. The van der Waals surface area contributed by atoms with E-state index in [1.807, 2.05) is 41.3 Å². The van der Waals surface area contributed by atoms with Crippen molar-refractivity contribution in [3.63, 3.8) is 0 Å². The largest absolute Gasteiger partial charge is 0.489 e. The Bertz CT molecular complexity index is 762. The molecule has 0 saturated carbocycles. The minimum atomic E-state index is 0.290. The molecule has 0 atom stereocenters. The van der Waals surface area contributed by atoms with Crippen LogP contribution in [0.2, 0.25) is 10.0 Å². The highest BCUT2D eigenvalue weighted by Gasteiger charge is 2.18. The zero-order chi connectivity index (χ0) is 19.1. The van der Waals surface area contributed by atoms with Crippen LogP contribution >= 0.6 is 23.2 Å². The molecule has 4 nitrogen and oxygen atoms in total. The Morgan fingerprint density at radius 1 is 1.11 bits per heavy atom. The third-order valence-electron chi connectivity index (χ3n) is 4.63. The van der Waals surface area contributed by atoms with E-state index in [2.05, 4.69) is 11.4 Å². The number of nitrogens with one attached hydrogen (secondary N) is 1. The lowest BCUT2D eigenvalue weighted by molar-refractivity contribution is -0.127. The monoisotopic (exact) mass is 406 g/mol. The van der Waals surface area contributed by atoms with Crippen molar-refractivity contribution in [1.29, 1.82) is 0 Å². The summed E-state index contributed by atoms with van der Waals surface area (Å²) in [5, 5.41) is 4.64. The van der Waals surface area contributed by atoms with E-state index in [0.29, 0.717) is 29.0 Å². The highest BCUT2D eigenvalue weighted by Crippen LogP contribution is 2.26. The van der Waals surface area contributed by atoms with Gasteiger partial charge >= 0.3 is 0 Å². The normalized spacial score (nSPS) is 14.0. The number of hydrogen-bond donors (Lipinski definition) is 1. The average molecular weight is 407 g/mol. The first-order chi connectivity index (χ1) is 13.1. The molecule has 1 aliphatic rings. The minimum absolute atomic E-state index is 0.290. The van der Waals surface area contributed by atoms with Gasteiger partial charge in [0.05, 0.1) is 0 Å². The molecule has 0 aromatic heterocycles. The molecular weight excluding hydrogens is 383 g/mol. The summed E-state index contributed by atoms with van der Waals surface area (Å²) in [5.74, 6) is 1.08. The molecule has 6 heteroatoms. The summed E-state index contributed by atoms with van der Waals surface area (Å²) in [6.07, 6.45) is 2.67. The van der Waals surface area contributed by atoms with Crippen LogP contribution in [0.3, 0.4) is 0 Å². The second-order valence-electron chi connectivity index (χ2n) is 6.65. The van der Waals surface area contributed by atoms with E-state index in [4.69, 9.17) is 27.9 Å². The second kappa shape index (κ2) is 9.98. The van der Waals surface area contributed by atoms with Gasteiger partial charge in [0.1, 0.15) is 12.4 Å². The van der Waals surface area contributed by atoms with Gasteiger partial charge < -0.3 is 15.0 Å². The molecule has 2 aromatic carbocycles. The van der Waals surface area contributed by atoms with Crippen molar-refractivity contribution in [3.8, 4) is 5.75 Å². The van der Waals surface area contributed by atoms with Crippen molar-refractivity contribution < 1.29 is 9.53 Å². The standard InChI is InChI=1S/C21H24Cl2N2O2/c22-19-7-2-8-20(23)18(19)15-27-17-6-1-5-16(13-17)14-24-10-4-12-25-11-3-9-21(25)26/h1-2,5-8,13,24H,3-4,9-12,14-15H2. The summed E-state index contributed by atoms with van der Waals surface area (Å²) >= 11 is 12.4.